The lowest BCUT2D eigenvalue weighted by Gasteiger charge is -2.43. The van der Waals surface area contributed by atoms with Gasteiger partial charge in [0.15, 0.2) is 5.78 Å². The van der Waals surface area contributed by atoms with Crippen LogP contribution in [-0.2, 0) is 14.9 Å². The van der Waals surface area contributed by atoms with Crippen LogP contribution < -0.4 is 10.0 Å². The number of carbonyl (C=O) groups is 2. The number of nitrogens with zero attached hydrogens (tertiary/aromatic N) is 2. The van der Waals surface area contributed by atoms with Crippen LogP contribution in [0.2, 0.25) is 0 Å². The Morgan fingerprint density at radius 2 is 1.55 bits per heavy atom. The van der Waals surface area contributed by atoms with Gasteiger partial charge in [-0.3, -0.25) is 4.79 Å². The van der Waals surface area contributed by atoms with E-state index >= 15 is 0 Å². The van der Waals surface area contributed by atoms with Crippen molar-refractivity contribution in [2.45, 2.75) is 69.6 Å². The highest BCUT2D eigenvalue weighted by molar-refractivity contribution is 6.17. The van der Waals surface area contributed by atoms with E-state index in [2.05, 4.69) is 0 Å². The molecule has 2 aliphatic heterocycles. The van der Waals surface area contributed by atoms with Gasteiger partial charge in [0, 0.05) is 59.9 Å². The minimum atomic E-state index is -2.79. The van der Waals surface area contributed by atoms with E-state index in [1.165, 1.54) is 12.1 Å². The Bertz CT molecular complexity index is 1860. The predicted octanol–water partition coefficient (Wildman–Crippen LogP) is 6.99. The van der Waals surface area contributed by atoms with Crippen LogP contribution in [0.3, 0.4) is 0 Å². The van der Waals surface area contributed by atoms with E-state index in [0.29, 0.717) is 72.4 Å². The molecule has 2 heterocycles. The quantitative estimate of drug-likeness (QED) is 0.0570. The maximum absolute atomic E-state index is 13.9. The lowest BCUT2D eigenvalue weighted by atomic mass is 9.64. The Balaban J connectivity index is 1.27. The third-order valence-corrected chi connectivity index (χ3v) is 10.6. The zero-order chi connectivity index (χ0) is 38.0. The van der Waals surface area contributed by atoms with E-state index < -0.39 is 49.4 Å². The molecule has 2 aromatic rings. The van der Waals surface area contributed by atoms with Gasteiger partial charge in [0.1, 0.15) is 0 Å². The third-order valence-electron chi connectivity index (χ3n) is 10.4. The van der Waals surface area contributed by atoms with E-state index in [1.807, 2.05) is 26.0 Å². The van der Waals surface area contributed by atoms with Crippen LogP contribution in [0.5, 0.6) is 0 Å². The van der Waals surface area contributed by atoms with Gasteiger partial charge < -0.3 is 24.3 Å². The van der Waals surface area contributed by atoms with Gasteiger partial charge in [0.25, 0.3) is 5.92 Å². The Morgan fingerprint density at radius 3 is 2.21 bits per heavy atom. The maximum Gasteiger partial charge on any atom is 0.361 e. The number of carboxylic acid groups (broad SMARTS) is 1. The largest absolute Gasteiger partial charge is 0.545 e. The molecular formula is C41H45ClF4N2O5. The number of carboxylic acids is 1. The Hall–Kier alpha value is -3.80. The monoisotopic (exact) mass is 756 g/mol. The van der Waals surface area contributed by atoms with Gasteiger partial charge >= 0.3 is 5.92 Å². The van der Waals surface area contributed by atoms with Crippen molar-refractivity contribution in [3.05, 3.63) is 93.6 Å². The fourth-order valence-electron chi connectivity index (χ4n) is 7.45. The summed E-state index contributed by atoms with van der Waals surface area (Å²) in [4.78, 5) is 27.6. The van der Waals surface area contributed by atoms with Gasteiger partial charge in [-0.05, 0) is 76.9 Å². The fourth-order valence-corrected chi connectivity index (χ4v) is 7.64. The number of rotatable bonds is 17. The number of aromatic carboxylic acids is 1. The van der Waals surface area contributed by atoms with E-state index in [1.54, 1.807) is 39.8 Å². The second-order valence-electron chi connectivity index (χ2n) is 14.8. The van der Waals surface area contributed by atoms with Crippen LogP contribution in [0, 0.1) is 0 Å². The molecule has 284 valence electrons. The summed E-state index contributed by atoms with van der Waals surface area (Å²) in [5, 5.41) is 12.6. The van der Waals surface area contributed by atoms with Crippen LogP contribution in [0.1, 0.15) is 89.8 Å². The number of ketones is 1. The lowest BCUT2D eigenvalue weighted by molar-refractivity contribution is -0.638. The molecule has 0 N–H and O–H groups in total. The molecule has 0 radical (unpaired) electrons. The number of hydrogen-bond acceptors (Lipinski definition) is 6. The van der Waals surface area contributed by atoms with Crippen molar-refractivity contribution < 1.29 is 46.3 Å². The molecule has 0 amide bonds. The summed E-state index contributed by atoms with van der Waals surface area (Å²) < 4.78 is 68.4. The van der Waals surface area contributed by atoms with Gasteiger partial charge in [-0.2, -0.15) is 8.78 Å². The molecule has 0 atom stereocenters. The number of unbranched alkanes of at least 4 members (excludes halogenated alkanes) is 3. The van der Waals surface area contributed by atoms with Crippen molar-refractivity contribution in [1.82, 2.24) is 0 Å². The first-order chi connectivity index (χ1) is 25.2. The summed E-state index contributed by atoms with van der Waals surface area (Å²) in [7, 11) is 0. The van der Waals surface area contributed by atoms with Gasteiger partial charge in [-0.15, -0.1) is 11.6 Å². The number of anilines is 1. The van der Waals surface area contributed by atoms with Crippen LogP contribution in [0.4, 0.5) is 23.2 Å². The Labute approximate surface area is 312 Å². The average molecular weight is 757 g/mol. The normalized spacial score (nSPS) is 19.3. The van der Waals surface area contributed by atoms with Crippen molar-refractivity contribution in [3.8, 4) is 0 Å². The molecule has 0 bridgehead atoms. The summed E-state index contributed by atoms with van der Waals surface area (Å²) in [5.41, 5.74) is 4.35. The number of halogens is 5. The molecule has 53 heavy (non-hydrogen) atoms. The summed E-state index contributed by atoms with van der Waals surface area (Å²) in [6, 6.07) is 9.83. The van der Waals surface area contributed by atoms with Crippen LogP contribution in [0.15, 0.2) is 65.8 Å². The number of alkyl halides is 5. The number of fused-ring (bicyclic) bond motifs is 2. The molecule has 0 unspecified atom stereocenters. The average Bonchev–Trinajstić information content (AvgIpc) is 3.09. The third kappa shape index (κ3) is 8.63. The number of allylic oxidation sites excluding steroid dienone is 5. The number of carbonyl (C=O) groups excluding carboxylic acids is 2. The second kappa shape index (κ2) is 15.9. The van der Waals surface area contributed by atoms with E-state index in [9.17, 15) is 32.3 Å². The molecule has 0 spiro atoms. The fraction of sp³-hybridized carbons (Fsp3) is 0.488. The molecule has 4 aliphatic rings. The van der Waals surface area contributed by atoms with Crippen LogP contribution >= 0.6 is 11.6 Å². The zero-order valence-electron chi connectivity index (χ0n) is 30.1. The number of ether oxygens (including phenoxy) is 2. The maximum atomic E-state index is 13.9. The summed E-state index contributed by atoms with van der Waals surface area (Å²) >= 11 is 5.70. The molecule has 0 aromatic heterocycles. The van der Waals surface area contributed by atoms with E-state index in [-0.39, 0.29) is 23.3 Å². The molecule has 0 saturated carbocycles. The van der Waals surface area contributed by atoms with Crippen molar-refractivity contribution in [3.63, 3.8) is 0 Å². The molecule has 6 rings (SSSR count). The second-order valence-corrected chi connectivity index (χ2v) is 15.2. The number of benzene rings is 2. The van der Waals surface area contributed by atoms with Crippen LogP contribution in [-0.4, -0.2) is 92.4 Å². The summed E-state index contributed by atoms with van der Waals surface area (Å²) in [5.74, 6) is -6.51. The molecule has 2 aliphatic carbocycles. The Kier molecular flexibility index (Phi) is 11.7. The highest BCUT2D eigenvalue weighted by atomic mass is 35.5. The zero-order valence-corrected chi connectivity index (χ0v) is 30.9. The first kappa shape index (κ1) is 38.9. The van der Waals surface area contributed by atoms with Crippen molar-refractivity contribution in [2.24, 2.45) is 0 Å². The molecular weight excluding hydrogens is 712 g/mol. The van der Waals surface area contributed by atoms with E-state index in [0.717, 1.165) is 36.8 Å². The number of hydrogen-bond donors (Lipinski definition) is 0. The van der Waals surface area contributed by atoms with Crippen molar-refractivity contribution >= 4 is 40.3 Å². The lowest BCUT2D eigenvalue weighted by Crippen LogP contribution is -2.56. The minimum absolute atomic E-state index is 0.117. The summed E-state index contributed by atoms with van der Waals surface area (Å²) in [6.45, 7) is 4.19. The van der Waals surface area contributed by atoms with Gasteiger partial charge in [-0.25, -0.2) is 13.4 Å². The standard InChI is InChI=1S/C41H45ClF4N2O5/c1-39(2)34-21-28(47-23-40(43,44)24-47)10-13-31(34)37(32-14-11-29(22-35(32)39)48-25-41(45,46)26-48)33-20-27(9-12-30(33)38(50)51)36(49)8-7-17-53-19-18-52-16-6-4-3-5-15-42/h9-14,20-22H,3-8,15-19,23-26H2,1-2H3. The van der Waals surface area contributed by atoms with E-state index in [4.69, 9.17) is 21.1 Å². The van der Waals surface area contributed by atoms with Crippen molar-refractivity contribution in [2.75, 3.05) is 63.4 Å². The molecule has 12 heteroatoms. The minimum Gasteiger partial charge on any atom is -0.545 e. The summed E-state index contributed by atoms with van der Waals surface area (Å²) in [6.07, 6.45) is 10.2. The van der Waals surface area contributed by atoms with Gasteiger partial charge in [0.05, 0.1) is 32.3 Å². The van der Waals surface area contributed by atoms with Gasteiger partial charge in [-0.1, -0.05) is 44.9 Å². The number of Topliss-reactive ketones (excluding diaryl/α,β-unsaturated/α-hetero) is 1. The first-order valence-corrected chi connectivity index (χ1v) is 18.8. The SMILES string of the molecule is CC1(C)C2=CC(=[N+]3CC(F)(F)C3)C=CC2=C(c2cc(C(=O)CCCOCCOCCCCCCCl)ccc2C(=O)[O-])c2ccc(N3CC(F)(F)C3)cc21. The topological polar surface area (TPSA) is 81.9 Å². The molecule has 2 aromatic carbocycles. The first-order valence-electron chi connectivity index (χ1n) is 18.2. The molecule has 2 fully saturated rings. The highest BCUT2D eigenvalue weighted by Crippen LogP contribution is 2.51. The smallest absolute Gasteiger partial charge is 0.361 e. The highest BCUT2D eigenvalue weighted by Gasteiger charge is 2.51. The Morgan fingerprint density at radius 1 is 0.849 bits per heavy atom. The predicted molar refractivity (Wildman–Crippen MR) is 195 cm³/mol. The molecule has 7 nitrogen and oxygen atoms in total. The molecule has 2 saturated heterocycles. The van der Waals surface area contributed by atoms with Gasteiger partial charge in [0.2, 0.25) is 18.8 Å². The van der Waals surface area contributed by atoms with Crippen molar-refractivity contribution in [1.29, 1.82) is 0 Å². The van der Waals surface area contributed by atoms with Crippen LogP contribution in [0.25, 0.3) is 5.57 Å².